The van der Waals surface area contributed by atoms with Crippen molar-refractivity contribution in [3.8, 4) is 0 Å². The van der Waals surface area contributed by atoms with Crippen LogP contribution in [0.1, 0.15) is 50.1 Å². The van der Waals surface area contributed by atoms with Crippen LogP contribution in [0, 0.1) is 5.92 Å². The highest BCUT2D eigenvalue weighted by Gasteiger charge is 2.42. The highest BCUT2D eigenvalue weighted by molar-refractivity contribution is 6.36. The number of nitrogens with two attached hydrogens (primary N) is 1. The molecule has 0 aromatic heterocycles. The smallest absolute Gasteiger partial charge is 0.0686 e. The summed E-state index contributed by atoms with van der Waals surface area (Å²) in [5, 5.41) is 1.36. The largest absolute Gasteiger partial charge is 0.375 e. The summed E-state index contributed by atoms with van der Waals surface area (Å²) in [6.07, 6.45) is 6.87. The number of hydrogen-bond donors (Lipinski definition) is 2. The summed E-state index contributed by atoms with van der Waals surface area (Å²) in [4.78, 5) is 0. The van der Waals surface area contributed by atoms with E-state index < -0.39 is 0 Å². The Balaban J connectivity index is 1.86. The molecule has 3 nitrogen and oxygen atoms in total. The van der Waals surface area contributed by atoms with E-state index in [1.54, 1.807) is 0 Å². The fourth-order valence-electron chi connectivity index (χ4n) is 3.98. The van der Waals surface area contributed by atoms with E-state index in [0.29, 0.717) is 16.0 Å². The molecule has 1 heterocycles. The fourth-order valence-corrected chi connectivity index (χ4v) is 4.61. The van der Waals surface area contributed by atoms with Gasteiger partial charge in [0.2, 0.25) is 0 Å². The van der Waals surface area contributed by atoms with E-state index >= 15 is 0 Å². The number of benzene rings is 1. The molecule has 2 unspecified atom stereocenters. The van der Waals surface area contributed by atoms with E-state index in [0.717, 1.165) is 37.9 Å². The molecule has 1 saturated heterocycles. The van der Waals surface area contributed by atoms with E-state index in [2.05, 4.69) is 5.43 Å². The van der Waals surface area contributed by atoms with Crippen molar-refractivity contribution >= 4 is 23.2 Å². The van der Waals surface area contributed by atoms with Gasteiger partial charge in [-0.25, -0.2) is 0 Å². The summed E-state index contributed by atoms with van der Waals surface area (Å²) in [6, 6.07) is 5.59. The Labute approximate surface area is 136 Å². The molecule has 3 rings (SSSR count). The summed E-state index contributed by atoms with van der Waals surface area (Å²) < 4.78 is 6.11. The van der Waals surface area contributed by atoms with E-state index in [4.69, 9.17) is 33.8 Å². The highest BCUT2D eigenvalue weighted by Crippen LogP contribution is 2.46. The molecule has 0 amide bonds. The van der Waals surface area contributed by atoms with Crippen LogP contribution < -0.4 is 11.3 Å². The summed E-state index contributed by atoms with van der Waals surface area (Å²) in [6.45, 7) is 0.797. The summed E-state index contributed by atoms with van der Waals surface area (Å²) in [5.74, 6) is 6.25. The van der Waals surface area contributed by atoms with Gasteiger partial charge in [-0.2, -0.15) is 0 Å². The van der Waals surface area contributed by atoms with E-state index in [1.165, 1.54) is 12.8 Å². The maximum absolute atomic E-state index is 6.36. The fraction of sp³-hybridized carbons (Fsp3) is 0.625. The van der Waals surface area contributed by atoms with Crippen molar-refractivity contribution < 1.29 is 4.74 Å². The molecule has 1 saturated carbocycles. The number of hydrazine groups is 1. The number of nitrogens with one attached hydrogen (secondary N) is 1. The van der Waals surface area contributed by atoms with Gasteiger partial charge in [0, 0.05) is 22.2 Å². The van der Waals surface area contributed by atoms with Crippen molar-refractivity contribution in [2.24, 2.45) is 11.8 Å². The third-order valence-electron chi connectivity index (χ3n) is 5.01. The van der Waals surface area contributed by atoms with E-state index in [-0.39, 0.29) is 11.6 Å². The van der Waals surface area contributed by atoms with Crippen LogP contribution in [0.25, 0.3) is 0 Å². The SMILES string of the molecule is NNC(c1c(Cl)cccc1Cl)C1CCOC2(CCCC2)C1. The standard InChI is InChI=1S/C16H22Cl2N2O/c17-12-4-3-5-13(18)14(12)15(20-19)11-6-9-21-16(10-11)7-1-2-8-16/h3-5,11,15,20H,1-2,6-10,19H2. The second-order valence-electron chi connectivity index (χ2n) is 6.27. The van der Waals surface area contributed by atoms with Crippen LogP contribution >= 0.6 is 23.2 Å². The first-order chi connectivity index (χ1) is 10.2. The first-order valence-electron chi connectivity index (χ1n) is 7.69. The molecular formula is C16H22Cl2N2O. The zero-order valence-corrected chi connectivity index (χ0v) is 13.6. The molecule has 1 aliphatic heterocycles. The van der Waals surface area contributed by atoms with Crippen LogP contribution in [-0.4, -0.2) is 12.2 Å². The first kappa shape index (κ1) is 15.6. The molecule has 2 aliphatic rings. The van der Waals surface area contributed by atoms with Gasteiger partial charge in [0.05, 0.1) is 11.6 Å². The van der Waals surface area contributed by atoms with E-state index in [1.807, 2.05) is 18.2 Å². The van der Waals surface area contributed by atoms with Gasteiger partial charge < -0.3 is 4.74 Å². The van der Waals surface area contributed by atoms with Crippen molar-refractivity contribution in [1.82, 2.24) is 5.43 Å². The number of rotatable bonds is 3. The van der Waals surface area contributed by atoms with Crippen LogP contribution in [0.4, 0.5) is 0 Å². The average Bonchev–Trinajstić information content (AvgIpc) is 2.91. The van der Waals surface area contributed by atoms with E-state index in [9.17, 15) is 0 Å². The number of halogens is 2. The lowest BCUT2D eigenvalue weighted by Gasteiger charge is -2.41. The zero-order chi connectivity index (χ0) is 14.9. The molecule has 5 heteroatoms. The summed E-state index contributed by atoms with van der Waals surface area (Å²) in [7, 11) is 0. The van der Waals surface area contributed by atoms with Gasteiger partial charge in [0.1, 0.15) is 0 Å². The Kier molecular flexibility index (Phi) is 4.77. The maximum atomic E-state index is 6.36. The molecule has 2 fully saturated rings. The molecule has 1 spiro atoms. The number of ether oxygens (including phenoxy) is 1. The van der Waals surface area contributed by atoms with Gasteiger partial charge in [0.15, 0.2) is 0 Å². The Morgan fingerprint density at radius 3 is 2.52 bits per heavy atom. The third-order valence-corrected chi connectivity index (χ3v) is 5.67. The Morgan fingerprint density at radius 2 is 1.90 bits per heavy atom. The monoisotopic (exact) mass is 328 g/mol. The topological polar surface area (TPSA) is 47.3 Å². The molecule has 1 aliphatic carbocycles. The average molecular weight is 329 g/mol. The predicted octanol–water partition coefficient (Wildman–Crippen LogP) is 4.24. The van der Waals surface area contributed by atoms with Crippen LogP contribution in [0.15, 0.2) is 18.2 Å². The van der Waals surface area contributed by atoms with Gasteiger partial charge in [-0.05, 0) is 43.7 Å². The maximum Gasteiger partial charge on any atom is 0.0686 e. The second kappa shape index (κ2) is 6.43. The van der Waals surface area contributed by atoms with Gasteiger partial charge in [-0.1, -0.05) is 42.1 Å². The van der Waals surface area contributed by atoms with Crippen LogP contribution in [0.5, 0.6) is 0 Å². The van der Waals surface area contributed by atoms with Gasteiger partial charge in [0.25, 0.3) is 0 Å². The number of hydrogen-bond acceptors (Lipinski definition) is 3. The lowest BCUT2D eigenvalue weighted by molar-refractivity contribution is -0.0982. The Morgan fingerprint density at radius 1 is 1.24 bits per heavy atom. The lowest BCUT2D eigenvalue weighted by atomic mass is 9.78. The molecule has 3 N–H and O–H groups in total. The molecule has 2 atom stereocenters. The zero-order valence-electron chi connectivity index (χ0n) is 12.1. The summed E-state index contributed by atoms with van der Waals surface area (Å²) in [5.41, 5.74) is 3.93. The molecule has 21 heavy (non-hydrogen) atoms. The molecule has 0 radical (unpaired) electrons. The molecule has 1 aromatic carbocycles. The van der Waals surface area contributed by atoms with Gasteiger partial charge in [-0.15, -0.1) is 0 Å². The van der Waals surface area contributed by atoms with Crippen molar-refractivity contribution in [1.29, 1.82) is 0 Å². The van der Waals surface area contributed by atoms with Crippen LogP contribution in [-0.2, 0) is 4.74 Å². The minimum absolute atomic E-state index is 0.0208. The predicted molar refractivity (Wildman–Crippen MR) is 86.4 cm³/mol. The van der Waals surface area contributed by atoms with Crippen molar-refractivity contribution in [3.05, 3.63) is 33.8 Å². The van der Waals surface area contributed by atoms with Gasteiger partial charge >= 0.3 is 0 Å². The van der Waals surface area contributed by atoms with Crippen molar-refractivity contribution in [2.45, 2.75) is 50.2 Å². The molecule has 116 valence electrons. The molecule has 0 bridgehead atoms. The van der Waals surface area contributed by atoms with Crippen molar-refractivity contribution in [3.63, 3.8) is 0 Å². The Hall–Kier alpha value is -0.320. The molecular weight excluding hydrogens is 307 g/mol. The Bertz CT molecular complexity index is 483. The minimum Gasteiger partial charge on any atom is -0.375 e. The first-order valence-corrected chi connectivity index (χ1v) is 8.45. The second-order valence-corrected chi connectivity index (χ2v) is 7.09. The normalized spacial score (nSPS) is 26.1. The lowest BCUT2D eigenvalue weighted by Crippen LogP contribution is -2.43. The molecule has 1 aromatic rings. The van der Waals surface area contributed by atoms with Crippen molar-refractivity contribution in [2.75, 3.05) is 6.61 Å². The van der Waals surface area contributed by atoms with Gasteiger partial charge in [-0.3, -0.25) is 11.3 Å². The third kappa shape index (κ3) is 3.08. The highest BCUT2D eigenvalue weighted by atomic mass is 35.5. The minimum atomic E-state index is -0.0208. The quantitative estimate of drug-likeness (QED) is 0.644. The summed E-state index contributed by atoms with van der Waals surface area (Å²) >= 11 is 12.7. The van der Waals surface area contributed by atoms with Crippen LogP contribution in [0.2, 0.25) is 10.0 Å². The van der Waals surface area contributed by atoms with Crippen LogP contribution in [0.3, 0.4) is 0 Å².